The van der Waals surface area contributed by atoms with Crippen molar-refractivity contribution in [3.63, 3.8) is 0 Å². The standard InChI is InChI=1S/C19H38O10/c1-22-8-10-25-13-16-28-19(29-17-14-26-11-9-23-2)5-3-4-18(21)27-15-12-24-7-6-20/h19-20H,3-17H2,1-2H3. The lowest BCUT2D eigenvalue weighted by Crippen LogP contribution is -2.23. The van der Waals surface area contributed by atoms with Gasteiger partial charge < -0.3 is 43.0 Å². The van der Waals surface area contributed by atoms with Gasteiger partial charge >= 0.3 is 5.97 Å². The third-order valence-corrected chi connectivity index (χ3v) is 3.47. The predicted octanol–water partition coefficient (Wildman–Crippen LogP) is 0.394. The molecule has 29 heavy (non-hydrogen) atoms. The maximum atomic E-state index is 11.7. The number of hydrogen-bond donors (Lipinski definition) is 1. The van der Waals surface area contributed by atoms with Crippen LogP contribution in [0.4, 0.5) is 0 Å². The highest BCUT2D eigenvalue weighted by Gasteiger charge is 2.12. The van der Waals surface area contributed by atoms with Crippen LogP contribution in [-0.2, 0) is 42.7 Å². The van der Waals surface area contributed by atoms with Crippen molar-refractivity contribution in [3.8, 4) is 0 Å². The van der Waals surface area contributed by atoms with Crippen LogP contribution < -0.4 is 0 Å². The molecule has 0 aromatic rings. The Morgan fingerprint density at radius 3 is 1.79 bits per heavy atom. The summed E-state index contributed by atoms with van der Waals surface area (Å²) in [4.78, 5) is 11.7. The summed E-state index contributed by atoms with van der Waals surface area (Å²) in [6.07, 6.45) is 0.924. The van der Waals surface area contributed by atoms with Gasteiger partial charge in [0.15, 0.2) is 6.29 Å². The van der Waals surface area contributed by atoms with Gasteiger partial charge in [0, 0.05) is 20.6 Å². The van der Waals surface area contributed by atoms with Gasteiger partial charge in [-0.1, -0.05) is 0 Å². The molecule has 10 heteroatoms. The Morgan fingerprint density at radius 2 is 1.24 bits per heavy atom. The molecule has 1 N–H and O–H groups in total. The summed E-state index contributed by atoms with van der Waals surface area (Å²) in [5.41, 5.74) is 0. The molecule has 0 aliphatic carbocycles. The lowest BCUT2D eigenvalue weighted by molar-refractivity contribution is -0.164. The molecule has 0 heterocycles. The number of aliphatic hydroxyl groups excluding tert-OH is 1. The lowest BCUT2D eigenvalue weighted by atomic mass is 10.2. The molecule has 0 bridgehead atoms. The largest absolute Gasteiger partial charge is 0.463 e. The summed E-state index contributed by atoms with van der Waals surface area (Å²) in [7, 11) is 3.23. The quantitative estimate of drug-likeness (QED) is 0.140. The molecule has 0 unspecified atom stereocenters. The summed E-state index contributed by atoms with van der Waals surface area (Å²) in [5, 5.41) is 8.59. The molecule has 0 radical (unpaired) electrons. The van der Waals surface area contributed by atoms with E-state index < -0.39 is 6.29 Å². The van der Waals surface area contributed by atoms with Crippen molar-refractivity contribution in [1.29, 1.82) is 0 Å². The number of methoxy groups -OCH3 is 2. The van der Waals surface area contributed by atoms with Gasteiger partial charge in [0.05, 0.1) is 72.7 Å². The second-order valence-corrected chi connectivity index (χ2v) is 5.83. The fourth-order valence-electron chi connectivity index (χ4n) is 2.05. The van der Waals surface area contributed by atoms with Gasteiger partial charge in [-0.25, -0.2) is 0 Å². The fourth-order valence-corrected chi connectivity index (χ4v) is 2.05. The molecular weight excluding hydrogens is 388 g/mol. The first-order chi connectivity index (χ1) is 14.2. The monoisotopic (exact) mass is 426 g/mol. The Labute approximate surface area is 173 Å². The first-order valence-corrected chi connectivity index (χ1v) is 9.95. The van der Waals surface area contributed by atoms with E-state index in [1.165, 1.54) is 0 Å². The van der Waals surface area contributed by atoms with E-state index in [4.69, 9.17) is 43.0 Å². The van der Waals surface area contributed by atoms with Crippen LogP contribution in [0.25, 0.3) is 0 Å². The van der Waals surface area contributed by atoms with Gasteiger partial charge in [-0.15, -0.1) is 0 Å². The van der Waals surface area contributed by atoms with Crippen molar-refractivity contribution in [2.24, 2.45) is 0 Å². The summed E-state index contributed by atoms with van der Waals surface area (Å²) >= 11 is 0. The first-order valence-electron chi connectivity index (χ1n) is 9.95. The highest BCUT2D eigenvalue weighted by atomic mass is 16.7. The van der Waals surface area contributed by atoms with Gasteiger partial charge in [0.1, 0.15) is 6.61 Å². The number of hydrogen-bond acceptors (Lipinski definition) is 10. The Morgan fingerprint density at radius 1 is 0.724 bits per heavy atom. The summed E-state index contributed by atoms with van der Waals surface area (Å²) in [5.74, 6) is -0.304. The number of esters is 1. The summed E-state index contributed by atoms with van der Waals surface area (Å²) < 4.78 is 42.0. The first kappa shape index (κ1) is 28.1. The molecule has 0 atom stereocenters. The molecule has 0 saturated carbocycles. The van der Waals surface area contributed by atoms with E-state index in [0.717, 1.165) is 0 Å². The van der Waals surface area contributed by atoms with Crippen molar-refractivity contribution < 1.29 is 47.8 Å². The number of rotatable bonds is 23. The SMILES string of the molecule is COCCOCCOC(CCCC(=O)OCCOCCO)OCCOCCOC. The number of aliphatic hydroxyl groups is 1. The second kappa shape index (κ2) is 23.4. The molecule has 0 amide bonds. The van der Waals surface area contributed by atoms with Crippen LogP contribution in [0.2, 0.25) is 0 Å². The average Bonchev–Trinajstić information content (AvgIpc) is 2.72. The molecule has 10 nitrogen and oxygen atoms in total. The molecule has 0 aromatic carbocycles. The van der Waals surface area contributed by atoms with Crippen LogP contribution in [0.15, 0.2) is 0 Å². The smallest absolute Gasteiger partial charge is 0.305 e. The van der Waals surface area contributed by atoms with Gasteiger partial charge in [-0.05, 0) is 12.8 Å². The minimum atomic E-state index is -0.451. The average molecular weight is 427 g/mol. The van der Waals surface area contributed by atoms with Gasteiger partial charge in [0.2, 0.25) is 0 Å². The zero-order valence-electron chi connectivity index (χ0n) is 17.8. The van der Waals surface area contributed by atoms with Gasteiger partial charge in [-0.3, -0.25) is 4.79 Å². The van der Waals surface area contributed by atoms with E-state index in [0.29, 0.717) is 65.7 Å². The maximum Gasteiger partial charge on any atom is 0.305 e. The zero-order valence-corrected chi connectivity index (χ0v) is 17.8. The van der Waals surface area contributed by atoms with E-state index in [-0.39, 0.29) is 38.8 Å². The van der Waals surface area contributed by atoms with E-state index in [1.54, 1.807) is 14.2 Å². The summed E-state index contributed by atoms with van der Waals surface area (Å²) in [6.45, 7) is 4.34. The Bertz CT molecular complexity index is 327. The molecular formula is C19H38O10. The Hall–Kier alpha value is -0.850. The third kappa shape index (κ3) is 21.7. The van der Waals surface area contributed by atoms with Crippen molar-refractivity contribution in [2.75, 3.05) is 93.5 Å². The van der Waals surface area contributed by atoms with Crippen LogP contribution >= 0.6 is 0 Å². The van der Waals surface area contributed by atoms with Crippen LogP contribution in [0, 0.1) is 0 Å². The fraction of sp³-hybridized carbons (Fsp3) is 0.947. The minimum Gasteiger partial charge on any atom is -0.463 e. The van der Waals surface area contributed by atoms with Crippen LogP contribution in [-0.4, -0.2) is 111 Å². The Kier molecular flexibility index (Phi) is 22.7. The topological polar surface area (TPSA) is 111 Å². The van der Waals surface area contributed by atoms with E-state index in [9.17, 15) is 4.79 Å². The molecule has 0 aromatic heterocycles. The highest BCUT2D eigenvalue weighted by molar-refractivity contribution is 5.69. The van der Waals surface area contributed by atoms with E-state index in [2.05, 4.69) is 0 Å². The molecule has 0 rings (SSSR count). The van der Waals surface area contributed by atoms with Crippen molar-refractivity contribution in [2.45, 2.75) is 25.6 Å². The third-order valence-electron chi connectivity index (χ3n) is 3.47. The molecule has 0 saturated heterocycles. The van der Waals surface area contributed by atoms with Gasteiger partial charge in [-0.2, -0.15) is 0 Å². The molecule has 0 spiro atoms. The normalized spacial score (nSPS) is 11.3. The van der Waals surface area contributed by atoms with E-state index in [1.807, 2.05) is 0 Å². The Balaban J connectivity index is 3.94. The predicted molar refractivity (Wildman–Crippen MR) is 104 cm³/mol. The van der Waals surface area contributed by atoms with Crippen molar-refractivity contribution >= 4 is 5.97 Å². The number of ether oxygens (including phenoxy) is 8. The molecule has 0 aliphatic rings. The molecule has 0 aliphatic heterocycles. The van der Waals surface area contributed by atoms with Crippen molar-refractivity contribution in [3.05, 3.63) is 0 Å². The van der Waals surface area contributed by atoms with E-state index >= 15 is 0 Å². The summed E-state index contributed by atoms with van der Waals surface area (Å²) in [6, 6.07) is 0. The van der Waals surface area contributed by atoms with Crippen LogP contribution in [0.1, 0.15) is 19.3 Å². The number of carbonyl (C=O) groups is 1. The molecule has 0 fully saturated rings. The number of carbonyl (C=O) groups excluding carboxylic acids is 1. The maximum absolute atomic E-state index is 11.7. The highest BCUT2D eigenvalue weighted by Crippen LogP contribution is 2.08. The minimum absolute atomic E-state index is 0.0514. The lowest BCUT2D eigenvalue weighted by Gasteiger charge is -2.19. The molecule has 174 valence electrons. The van der Waals surface area contributed by atoms with Gasteiger partial charge in [0.25, 0.3) is 0 Å². The van der Waals surface area contributed by atoms with Crippen LogP contribution in [0.3, 0.4) is 0 Å². The second-order valence-electron chi connectivity index (χ2n) is 5.83. The van der Waals surface area contributed by atoms with Crippen LogP contribution in [0.5, 0.6) is 0 Å². The zero-order chi connectivity index (χ0) is 21.4. The van der Waals surface area contributed by atoms with Crippen molar-refractivity contribution in [1.82, 2.24) is 0 Å².